The van der Waals surface area contributed by atoms with Crippen LogP contribution in [0.4, 0.5) is 0 Å². The van der Waals surface area contributed by atoms with E-state index in [0.717, 1.165) is 17.4 Å². The number of hydrogen-bond donors (Lipinski definition) is 0. The first-order valence-corrected chi connectivity index (χ1v) is 4.85. The zero-order chi connectivity index (χ0) is 8.97. The Kier molecular flexibility index (Phi) is 3.61. The van der Waals surface area contributed by atoms with Gasteiger partial charge in [-0.15, -0.1) is 0 Å². The molecular formula is C11H15Cl. The quantitative estimate of drug-likeness (QED) is 0.665. The molecule has 0 amide bonds. The molecule has 1 atom stereocenters. The lowest BCUT2D eigenvalue weighted by atomic mass is 9.99. The van der Waals surface area contributed by atoms with Crippen LogP contribution in [0.3, 0.4) is 0 Å². The lowest BCUT2D eigenvalue weighted by molar-refractivity contribution is 0.560. The normalized spacial score (nSPS) is 12.9. The molecule has 1 aromatic rings. The Morgan fingerprint density at radius 2 is 2.00 bits per heavy atom. The predicted octanol–water partition coefficient (Wildman–Crippen LogP) is 3.93. The largest absolute Gasteiger partial charge is 0.0840 e. The standard InChI is InChI=1S/C11H15Cl/c1-3-9(2)8-10-6-4-5-7-11(10)12/h4-7,9H,3,8H2,1-2H3. The van der Waals surface area contributed by atoms with E-state index in [2.05, 4.69) is 19.9 Å². The molecule has 1 rings (SSSR count). The van der Waals surface area contributed by atoms with Gasteiger partial charge in [0.1, 0.15) is 0 Å². The van der Waals surface area contributed by atoms with Crippen LogP contribution in [0.15, 0.2) is 24.3 Å². The minimum atomic E-state index is 0.727. The highest BCUT2D eigenvalue weighted by Crippen LogP contribution is 2.19. The van der Waals surface area contributed by atoms with E-state index < -0.39 is 0 Å². The Labute approximate surface area is 79.6 Å². The van der Waals surface area contributed by atoms with E-state index in [1.807, 2.05) is 18.2 Å². The molecule has 0 aromatic heterocycles. The number of benzene rings is 1. The number of hydrogen-bond acceptors (Lipinski definition) is 0. The fourth-order valence-corrected chi connectivity index (χ4v) is 1.40. The molecule has 0 N–H and O–H groups in total. The van der Waals surface area contributed by atoms with Gasteiger partial charge < -0.3 is 0 Å². The zero-order valence-corrected chi connectivity index (χ0v) is 8.43. The van der Waals surface area contributed by atoms with Crippen molar-refractivity contribution < 1.29 is 0 Å². The number of rotatable bonds is 3. The fourth-order valence-electron chi connectivity index (χ4n) is 1.18. The van der Waals surface area contributed by atoms with Gasteiger partial charge in [0.25, 0.3) is 0 Å². The Bertz CT molecular complexity index is 243. The van der Waals surface area contributed by atoms with Crippen LogP contribution in [0.2, 0.25) is 5.02 Å². The predicted molar refractivity (Wildman–Crippen MR) is 54.6 cm³/mol. The van der Waals surface area contributed by atoms with Gasteiger partial charge >= 0.3 is 0 Å². The highest BCUT2D eigenvalue weighted by Gasteiger charge is 2.03. The first-order valence-electron chi connectivity index (χ1n) is 4.47. The van der Waals surface area contributed by atoms with Gasteiger partial charge in [0.15, 0.2) is 0 Å². The van der Waals surface area contributed by atoms with Crippen molar-refractivity contribution in [2.75, 3.05) is 0 Å². The van der Waals surface area contributed by atoms with Crippen LogP contribution in [0.1, 0.15) is 25.8 Å². The van der Waals surface area contributed by atoms with Gasteiger partial charge in [-0.2, -0.15) is 0 Å². The summed E-state index contributed by atoms with van der Waals surface area (Å²) >= 11 is 6.03. The smallest absolute Gasteiger partial charge is 0.0438 e. The molecule has 0 fully saturated rings. The van der Waals surface area contributed by atoms with Crippen molar-refractivity contribution in [2.45, 2.75) is 26.7 Å². The van der Waals surface area contributed by atoms with Crippen LogP contribution in [0.25, 0.3) is 0 Å². The van der Waals surface area contributed by atoms with Gasteiger partial charge in [-0.05, 0) is 24.0 Å². The summed E-state index contributed by atoms with van der Waals surface area (Å²) in [7, 11) is 0. The molecule has 0 nitrogen and oxygen atoms in total. The van der Waals surface area contributed by atoms with Gasteiger partial charge in [0.2, 0.25) is 0 Å². The van der Waals surface area contributed by atoms with E-state index in [1.54, 1.807) is 0 Å². The third kappa shape index (κ3) is 2.53. The maximum Gasteiger partial charge on any atom is 0.0438 e. The molecule has 1 heteroatoms. The van der Waals surface area contributed by atoms with Crippen molar-refractivity contribution in [2.24, 2.45) is 5.92 Å². The summed E-state index contributed by atoms with van der Waals surface area (Å²) in [4.78, 5) is 0. The molecule has 1 unspecified atom stereocenters. The molecule has 0 aliphatic rings. The second-order valence-corrected chi connectivity index (χ2v) is 3.72. The summed E-state index contributed by atoms with van der Waals surface area (Å²) in [5, 5.41) is 0.901. The SMILES string of the molecule is CCC(C)Cc1ccccc1Cl. The minimum absolute atomic E-state index is 0.727. The van der Waals surface area contributed by atoms with Gasteiger partial charge in [0.05, 0.1) is 0 Å². The highest BCUT2D eigenvalue weighted by molar-refractivity contribution is 6.31. The molecule has 0 saturated carbocycles. The van der Waals surface area contributed by atoms with Gasteiger partial charge in [-0.3, -0.25) is 0 Å². The summed E-state index contributed by atoms with van der Waals surface area (Å²) in [5.74, 6) is 0.727. The summed E-state index contributed by atoms with van der Waals surface area (Å²) < 4.78 is 0. The lowest BCUT2D eigenvalue weighted by Gasteiger charge is -2.09. The Hall–Kier alpha value is -0.490. The average Bonchev–Trinajstić information content (AvgIpc) is 2.09. The Morgan fingerprint density at radius 3 is 2.58 bits per heavy atom. The van der Waals surface area contributed by atoms with E-state index in [9.17, 15) is 0 Å². The maximum absolute atomic E-state index is 6.03. The first-order chi connectivity index (χ1) is 5.74. The van der Waals surface area contributed by atoms with Gasteiger partial charge in [0, 0.05) is 5.02 Å². The second kappa shape index (κ2) is 4.51. The molecule has 1 aromatic carbocycles. The maximum atomic E-state index is 6.03. The van der Waals surface area contributed by atoms with Crippen LogP contribution in [0, 0.1) is 5.92 Å². The molecule has 0 spiro atoms. The molecule has 12 heavy (non-hydrogen) atoms. The molecular weight excluding hydrogens is 168 g/mol. The van der Waals surface area contributed by atoms with Crippen LogP contribution >= 0.6 is 11.6 Å². The van der Waals surface area contributed by atoms with Crippen LogP contribution in [0.5, 0.6) is 0 Å². The zero-order valence-electron chi connectivity index (χ0n) is 7.68. The van der Waals surface area contributed by atoms with Gasteiger partial charge in [-0.1, -0.05) is 50.1 Å². The van der Waals surface area contributed by atoms with E-state index in [0.29, 0.717) is 0 Å². The average molecular weight is 183 g/mol. The second-order valence-electron chi connectivity index (χ2n) is 3.31. The third-order valence-electron chi connectivity index (χ3n) is 2.22. The summed E-state index contributed by atoms with van der Waals surface area (Å²) in [6.07, 6.45) is 2.31. The summed E-state index contributed by atoms with van der Waals surface area (Å²) in [5.41, 5.74) is 1.27. The van der Waals surface area contributed by atoms with Crippen LogP contribution < -0.4 is 0 Å². The monoisotopic (exact) mass is 182 g/mol. The lowest BCUT2D eigenvalue weighted by Crippen LogP contribution is -1.97. The fraction of sp³-hybridized carbons (Fsp3) is 0.455. The van der Waals surface area contributed by atoms with Crippen LogP contribution in [-0.4, -0.2) is 0 Å². The molecule has 0 radical (unpaired) electrons. The molecule has 0 aliphatic heterocycles. The summed E-state index contributed by atoms with van der Waals surface area (Å²) in [6, 6.07) is 8.08. The topological polar surface area (TPSA) is 0 Å². The van der Waals surface area contributed by atoms with Crippen molar-refractivity contribution in [3.63, 3.8) is 0 Å². The molecule has 0 aliphatic carbocycles. The summed E-state index contributed by atoms with van der Waals surface area (Å²) in [6.45, 7) is 4.46. The molecule has 0 heterocycles. The Morgan fingerprint density at radius 1 is 1.33 bits per heavy atom. The third-order valence-corrected chi connectivity index (χ3v) is 2.59. The minimum Gasteiger partial charge on any atom is -0.0840 e. The van der Waals surface area contributed by atoms with Crippen LogP contribution in [-0.2, 0) is 6.42 Å². The first kappa shape index (κ1) is 9.60. The van der Waals surface area contributed by atoms with E-state index in [-0.39, 0.29) is 0 Å². The molecule has 66 valence electrons. The molecule has 0 bridgehead atoms. The molecule has 0 saturated heterocycles. The van der Waals surface area contributed by atoms with Gasteiger partial charge in [-0.25, -0.2) is 0 Å². The van der Waals surface area contributed by atoms with E-state index in [1.165, 1.54) is 12.0 Å². The van der Waals surface area contributed by atoms with Crippen molar-refractivity contribution in [3.05, 3.63) is 34.9 Å². The van der Waals surface area contributed by atoms with Crippen molar-refractivity contribution in [3.8, 4) is 0 Å². The Balaban J connectivity index is 2.69. The number of halogens is 1. The van der Waals surface area contributed by atoms with E-state index in [4.69, 9.17) is 11.6 Å². The van der Waals surface area contributed by atoms with E-state index >= 15 is 0 Å². The highest BCUT2D eigenvalue weighted by atomic mass is 35.5. The van der Waals surface area contributed by atoms with Crippen molar-refractivity contribution in [1.82, 2.24) is 0 Å². The van der Waals surface area contributed by atoms with Crippen molar-refractivity contribution in [1.29, 1.82) is 0 Å². The van der Waals surface area contributed by atoms with Crippen molar-refractivity contribution >= 4 is 11.6 Å².